The van der Waals surface area contributed by atoms with Crippen molar-refractivity contribution in [2.24, 2.45) is 0 Å². The number of carbonyl (C=O) groups excluding carboxylic acids is 1. The fourth-order valence-corrected chi connectivity index (χ4v) is 1.61. The molecule has 0 saturated carbocycles. The molecule has 1 saturated heterocycles. The van der Waals surface area contributed by atoms with Gasteiger partial charge in [-0.1, -0.05) is 0 Å². The van der Waals surface area contributed by atoms with E-state index in [-0.39, 0.29) is 0 Å². The summed E-state index contributed by atoms with van der Waals surface area (Å²) in [4.78, 5) is 23.4. The first-order valence-electron chi connectivity index (χ1n) is 4.53. The van der Waals surface area contributed by atoms with Crippen molar-refractivity contribution in [1.82, 2.24) is 4.90 Å². The molecule has 1 atom stereocenters. The second kappa shape index (κ2) is 3.48. The van der Waals surface area contributed by atoms with Crippen molar-refractivity contribution in [3.8, 4) is 0 Å². The van der Waals surface area contributed by atoms with E-state index in [0.717, 1.165) is 4.90 Å². The molecule has 1 aliphatic heterocycles. The van der Waals surface area contributed by atoms with Gasteiger partial charge in [-0.2, -0.15) is 0 Å². The molecule has 80 valence electrons. The van der Waals surface area contributed by atoms with Crippen molar-refractivity contribution in [3.63, 3.8) is 0 Å². The Hall–Kier alpha value is -1.26. The molecule has 0 aromatic heterocycles. The zero-order valence-electron chi connectivity index (χ0n) is 8.61. The lowest BCUT2D eigenvalue weighted by atomic mass is 10.0. The van der Waals surface area contributed by atoms with Gasteiger partial charge in [-0.3, -0.25) is 4.90 Å². The summed E-state index contributed by atoms with van der Waals surface area (Å²) < 4.78 is 4.75. The highest BCUT2D eigenvalue weighted by molar-refractivity contribution is 5.82. The molecule has 5 nitrogen and oxygen atoms in total. The third-order valence-corrected chi connectivity index (χ3v) is 2.15. The highest BCUT2D eigenvalue weighted by Gasteiger charge is 2.41. The first-order valence-corrected chi connectivity index (χ1v) is 4.53. The van der Waals surface area contributed by atoms with Crippen LogP contribution < -0.4 is 0 Å². The van der Waals surface area contributed by atoms with Crippen molar-refractivity contribution in [1.29, 1.82) is 0 Å². The predicted octanol–water partition coefficient (Wildman–Crippen LogP) is 1.08. The Morgan fingerprint density at radius 3 is 2.43 bits per heavy atom. The van der Waals surface area contributed by atoms with Crippen molar-refractivity contribution in [2.75, 3.05) is 6.61 Å². The van der Waals surface area contributed by atoms with E-state index in [0.29, 0.717) is 13.0 Å². The Kier molecular flexibility index (Phi) is 2.69. The number of carboxylic acid groups (broad SMARTS) is 1. The number of cyclic esters (lactones) is 1. The van der Waals surface area contributed by atoms with Crippen LogP contribution in [0.2, 0.25) is 0 Å². The Morgan fingerprint density at radius 1 is 1.57 bits per heavy atom. The van der Waals surface area contributed by atoms with Crippen LogP contribution in [0, 0.1) is 0 Å². The van der Waals surface area contributed by atoms with E-state index in [1.54, 1.807) is 20.8 Å². The van der Waals surface area contributed by atoms with Crippen molar-refractivity contribution in [2.45, 2.75) is 38.8 Å². The number of ether oxygens (including phenoxy) is 1. The molecule has 1 fully saturated rings. The lowest BCUT2D eigenvalue weighted by Crippen LogP contribution is -2.52. The number of esters is 1. The van der Waals surface area contributed by atoms with Gasteiger partial charge in [0.15, 0.2) is 0 Å². The van der Waals surface area contributed by atoms with Gasteiger partial charge in [0.2, 0.25) is 0 Å². The second-order valence-corrected chi connectivity index (χ2v) is 4.30. The van der Waals surface area contributed by atoms with E-state index in [9.17, 15) is 9.59 Å². The van der Waals surface area contributed by atoms with Crippen LogP contribution >= 0.6 is 0 Å². The Bertz CT molecular complexity index is 256. The maximum Gasteiger partial charge on any atom is 0.408 e. The Balaban J connectivity index is 2.88. The summed E-state index contributed by atoms with van der Waals surface area (Å²) in [6, 6.07) is -0.646. The molecule has 1 rings (SSSR count). The number of hydrogen-bond acceptors (Lipinski definition) is 3. The van der Waals surface area contributed by atoms with Gasteiger partial charge in [-0.15, -0.1) is 0 Å². The van der Waals surface area contributed by atoms with E-state index < -0.39 is 23.6 Å². The second-order valence-electron chi connectivity index (χ2n) is 4.30. The number of amides is 1. The Morgan fingerprint density at radius 2 is 2.14 bits per heavy atom. The average Bonchev–Trinajstić information content (AvgIpc) is 2.32. The van der Waals surface area contributed by atoms with Crippen molar-refractivity contribution >= 4 is 12.1 Å². The number of carbonyl (C=O) groups is 2. The highest BCUT2D eigenvalue weighted by Crippen LogP contribution is 2.23. The first kappa shape index (κ1) is 10.8. The molecular formula is C9H15NO4. The fourth-order valence-electron chi connectivity index (χ4n) is 1.61. The van der Waals surface area contributed by atoms with Crippen molar-refractivity contribution < 1.29 is 19.4 Å². The van der Waals surface area contributed by atoms with Crippen LogP contribution in [-0.2, 0) is 9.53 Å². The molecule has 0 aromatic rings. The monoisotopic (exact) mass is 201 g/mol. The fraction of sp³-hybridized carbons (Fsp3) is 0.778. The molecule has 0 aliphatic carbocycles. The van der Waals surface area contributed by atoms with Gasteiger partial charge in [0.25, 0.3) is 0 Å². The van der Waals surface area contributed by atoms with Gasteiger partial charge >= 0.3 is 12.1 Å². The third kappa shape index (κ3) is 1.97. The molecule has 1 amide bonds. The average molecular weight is 201 g/mol. The van der Waals surface area contributed by atoms with Gasteiger partial charge in [-0.05, 0) is 20.8 Å². The molecule has 1 N–H and O–H groups in total. The van der Waals surface area contributed by atoms with Gasteiger partial charge in [0.05, 0.1) is 6.61 Å². The predicted molar refractivity (Wildman–Crippen MR) is 49.0 cm³/mol. The van der Waals surface area contributed by atoms with E-state index in [1.807, 2.05) is 0 Å². The van der Waals surface area contributed by atoms with Crippen LogP contribution in [0.4, 0.5) is 4.79 Å². The summed E-state index contributed by atoms with van der Waals surface area (Å²) >= 11 is 0. The van der Waals surface area contributed by atoms with Crippen LogP contribution in [0.5, 0.6) is 0 Å². The van der Waals surface area contributed by atoms with Crippen LogP contribution in [0.3, 0.4) is 0 Å². The largest absolute Gasteiger partial charge is 0.465 e. The van der Waals surface area contributed by atoms with Gasteiger partial charge < -0.3 is 9.84 Å². The van der Waals surface area contributed by atoms with E-state index in [2.05, 4.69) is 0 Å². The maximum absolute atomic E-state index is 11.2. The minimum atomic E-state index is -1.08. The molecule has 0 bridgehead atoms. The van der Waals surface area contributed by atoms with Crippen LogP contribution in [0.25, 0.3) is 0 Å². The standard InChI is InChI=1S/C9H15NO4/c1-9(2,3)10(8(12)13)6-4-5-14-7(6)11/h6H,4-5H2,1-3H3,(H,12,13)/t6-/m1/s1. The van der Waals surface area contributed by atoms with Crippen molar-refractivity contribution in [3.05, 3.63) is 0 Å². The number of hydrogen-bond donors (Lipinski definition) is 1. The molecule has 1 aliphatic rings. The third-order valence-electron chi connectivity index (χ3n) is 2.15. The minimum absolute atomic E-state index is 0.309. The Labute approximate surface area is 82.6 Å². The summed E-state index contributed by atoms with van der Waals surface area (Å²) in [7, 11) is 0. The van der Waals surface area contributed by atoms with E-state index in [4.69, 9.17) is 9.84 Å². The quantitative estimate of drug-likeness (QED) is 0.644. The summed E-state index contributed by atoms with van der Waals surface area (Å²) in [6.45, 7) is 5.58. The lowest BCUT2D eigenvalue weighted by molar-refractivity contribution is -0.143. The molecule has 0 spiro atoms. The summed E-state index contributed by atoms with van der Waals surface area (Å²) in [5.41, 5.74) is -0.583. The van der Waals surface area contributed by atoms with Crippen LogP contribution in [0.15, 0.2) is 0 Å². The van der Waals surface area contributed by atoms with E-state index in [1.165, 1.54) is 0 Å². The lowest BCUT2D eigenvalue weighted by Gasteiger charge is -2.35. The molecule has 0 radical (unpaired) electrons. The van der Waals surface area contributed by atoms with Gasteiger partial charge in [0.1, 0.15) is 6.04 Å². The number of rotatable bonds is 1. The molecule has 1 heterocycles. The molecule has 14 heavy (non-hydrogen) atoms. The van der Waals surface area contributed by atoms with E-state index >= 15 is 0 Å². The normalized spacial score (nSPS) is 21.9. The highest BCUT2D eigenvalue weighted by atomic mass is 16.5. The van der Waals surface area contributed by atoms with Crippen LogP contribution in [-0.4, -0.2) is 40.3 Å². The molecular weight excluding hydrogens is 186 g/mol. The maximum atomic E-state index is 11.2. The zero-order valence-corrected chi connectivity index (χ0v) is 8.61. The smallest absolute Gasteiger partial charge is 0.408 e. The number of nitrogens with zero attached hydrogens (tertiary/aromatic N) is 1. The molecule has 0 aromatic carbocycles. The van der Waals surface area contributed by atoms with Gasteiger partial charge in [0, 0.05) is 12.0 Å². The van der Waals surface area contributed by atoms with Gasteiger partial charge in [-0.25, -0.2) is 9.59 Å². The minimum Gasteiger partial charge on any atom is -0.465 e. The zero-order chi connectivity index (χ0) is 10.9. The summed E-state index contributed by atoms with van der Waals surface area (Å²) in [6.07, 6.45) is -0.635. The molecule has 0 unspecified atom stereocenters. The molecule has 5 heteroatoms. The summed E-state index contributed by atoms with van der Waals surface area (Å²) in [5, 5.41) is 9.01. The summed E-state index contributed by atoms with van der Waals surface area (Å²) in [5.74, 6) is -0.442. The first-order chi connectivity index (χ1) is 6.34. The topological polar surface area (TPSA) is 66.8 Å². The van der Waals surface area contributed by atoms with Crippen LogP contribution in [0.1, 0.15) is 27.2 Å². The SMILES string of the molecule is CC(C)(C)N(C(=O)O)[C@@H]1CCOC1=O.